The van der Waals surface area contributed by atoms with Crippen LogP contribution in [-0.2, 0) is 0 Å². The number of hydrogen-bond donors (Lipinski definition) is 0. The van der Waals surface area contributed by atoms with Gasteiger partial charge in [0.05, 0.1) is 0 Å². The predicted octanol–water partition coefficient (Wildman–Crippen LogP) is 2.84. The van der Waals surface area contributed by atoms with Gasteiger partial charge in [-0.1, -0.05) is 13.5 Å². The van der Waals surface area contributed by atoms with Gasteiger partial charge in [-0.15, -0.1) is 6.58 Å². The number of allylic oxidation sites excluding steroid dienone is 1. The van der Waals surface area contributed by atoms with Crippen LogP contribution >= 0.6 is 0 Å². The van der Waals surface area contributed by atoms with Crippen LogP contribution in [0.15, 0.2) is 12.7 Å². The van der Waals surface area contributed by atoms with Gasteiger partial charge < -0.3 is 53.2 Å². The topological polar surface area (TPSA) is 0 Å². The molecule has 0 aromatic heterocycles. The van der Waals surface area contributed by atoms with Gasteiger partial charge in [0.25, 0.3) is 0 Å². The van der Waals surface area contributed by atoms with Gasteiger partial charge in [-0.05, 0) is 6.92 Å². The molecule has 0 aliphatic heterocycles. The molecule has 16 heteroatoms. The van der Waals surface area contributed by atoms with Gasteiger partial charge >= 0.3 is 73.1 Å². The van der Waals surface area contributed by atoms with Crippen molar-refractivity contribution in [3.05, 3.63) is 12.7 Å². The van der Waals surface area contributed by atoms with Crippen molar-refractivity contribution in [3.63, 3.8) is 0 Å². The number of rotatable bonds is 0. The Morgan fingerprint density at radius 3 is 0.650 bits per heavy atom. The minimum Gasteiger partial charge on any atom is -1.00 e. The van der Waals surface area contributed by atoms with Crippen LogP contribution in [0.3, 0.4) is 0 Å². The maximum Gasteiger partial charge on any atom is 1.00 e. The molecule has 0 unspecified atom stereocenters. The summed E-state index contributed by atoms with van der Waals surface area (Å²) < 4.78 is 117. The van der Waals surface area contributed by atoms with E-state index in [0.29, 0.717) is 0 Å². The molecule has 0 aromatic rings. The summed E-state index contributed by atoms with van der Waals surface area (Å²) >= 11 is 0. The molecule has 0 aliphatic carbocycles. The summed E-state index contributed by atoms with van der Waals surface area (Å²) in [5, 5.41) is 0. The van der Waals surface area contributed by atoms with Crippen molar-refractivity contribution in [1.82, 2.24) is 0 Å². The second-order valence-corrected chi connectivity index (χ2v) is 1.89. The first-order valence-corrected chi connectivity index (χ1v) is 3.60. The smallest absolute Gasteiger partial charge is 1.00 e. The fraction of sp³-hybridized carbons (Fsp3) is 0.500. The molecular formula is C4H11B3F12K-3. The fourth-order valence-electron chi connectivity index (χ4n) is 0. The Balaban J connectivity index is -0.0000000241. The second-order valence-electron chi connectivity index (χ2n) is 1.89. The molecular weight excluding hydrogens is 348 g/mol. The Morgan fingerprint density at radius 1 is 0.650 bits per heavy atom. The zero-order valence-electron chi connectivity index (χ0n) is 10.6. The van der Waals surface area contributed by atoms with E-state index in [1.165, 1.54) is 0 Å². The summed E-state index contributed by atoms with van der Waals surface area (Å²) in [7, 11) is -18.0. The van der Waals surface area contributed by atoms with E-state index in [-0.39, 0.29) is 60.2 Å². The average Bonchev–Trinajstić information content (AvgIpc) is 1.71. The summed E-state index contributed by atoms with van der Waals surface area (Å²) in [4.78, 5) is 0. The molecule has 124 valence electrons. The van der Waals surface area contributed by atoms with E-state index in [1.807, 2.05) is 6.92 Å². The summed E-state index contributed by atoms with van der Waals surface area (Å²) in [5.74, 6) is 0. The molecule has 0 fully saturated rings. The van der Waals surface area contributed by atoms with E-state index in [9.17, 15) is 51.8 Å². The first kappa shape index (κ1) is 37.2. The Kier molecular flexibility index (Phi) is 33.1. The van der Waals surface area contributed by atoms with E-state index in [0.717, 1.165) is 0 Å². The van der Waals surface area contributed by atoms with Gasteiger partial charge in [-0.25, -0.2) is 0 Å². The maximum absolute atomic E-state index is 9.75. The third kappa shape index (κ3) is 11000. The molecule has 0 amide bonds. The SMILES string of the molecule is C.C=CC.F[B-](F)(F)F.F[B-](F)(F)F.F[B-](F)(F)F.[H-].[K+]. The quantitative estimate of drug-likeness (QED) is 0.355. The van der Waals surface area contributed by atoms with Gasteiger partial charge in [-0.3, -0.25) is 0 Å². The van der Waals surface area contributed by atoms with Crippen molar-refractivity contribution >= 4 is 21.8 Å². The Morgan fingerprint density at radius 2 is 0.650 bits per heavy atom. The molecule has 0 aromatic carbocycles. The first-order chi connectivity index (χ1) is 7.41. The first-order valence-electron chi connectivity index (χ1n) is 3.60. The van der Waals surface area contributed by atoms with E-state index in [4.69, 9.17) is 0 Å². The van der Waals surface area contributed by atoms with Crippen molar-refractivity contribution in [3.8, 4) is 0 Å². The van der Waals surface area contributed by atoms with Crippen LogP contribution in [0.25, 0.3) is 0 Å². The van der Waals surface area contributed by atoms with E-state index < -0.39 is 21.8 Å². The number of hydrogen-bond acceptors (Lipinski definition) is 0. The molecule has 0 saturated carbocycles. The monoisotopic (exact) mass is 359 g/mol. The Hall–Kier alpha value is 0.731. The van der Waals surface area contributed by atoms with Crippen molar-refractivity contribution < 1.29 is 105 Å². The minimum atomic E-state index is -6.00. The van der Waals surface area contributed by atoms with Crippen LogP contribution in [0.4, 0.5) is 51.8 Å². The van der Waals surface area contributed by atoms with Gasteiger partial charge in [0.15, 0.2) is 0 Å². The van der Waals surface area contributed by atoms with Crippen molar-refractivity contribution in [2.24, 2.45) is 0 Å². The molecule has 0 radical (unpaired) electrons. The average molecular weight is 359 g/mol. The summed E-state index contributed by atoms with van der Waals surface area (Å²) in [6.45, 7) is 5.25. The summed E-state index contributed by atoms with van der Waals surface area (Å²) in [5.41, 5.74) is 0. The third-order valence-corrected chi connectivity index (χ3v) is 0. The molecule has 0 N–H and O–H groups in total. The van der Waals surface area contributed by atoms with Crippen LogP contribution in [0, 0.1) is 0 Å². The second kappa shape index (κ2) is 17.8. The Bertz CT molecular complexity index is 144. The fourth-order valence-corrected chi connectivity index (χ4v) is 0. The zero-order chi connectivity index (χ0) is 16.2. The van der Waals surface area contributed by atoms with Gasteiger partial charge in [0.1, 0.15) is 0 Å². The van der Waals surface area contributed by atoms with Crippen LogP contribution in [-0.4, -0.2) is 21.8 Å². The standard InChI is InChI=1S/C3H6.CH4.3BF4.K.H/c1-3-2;;3*2-1(3,4)5;;/h3H,1H2,2H3;1H4;;;;;/q;;3*-1;+1;-1. The number of halogens is 12. The van der Waals surface area contributed by atoms with Gasteiger partial charge in [-0.2, -0.15) is 0 Å². The van der Waals surface area contributed by atoms with E-state index in [2.05, 4.69) is 6.58 Å². The maximum atomic E-state index is 9.75. The zero-order valence-corrected chi connectivity index (χ0v) is 12.7. The minimum absolute atomic E-state index is 0. The summed E-state index contributed by atoms with van der Waals surface area (Å²) in [6.07, 6.45) is 1.75. The molecule has 0 spiro atoms. The predicted molar refractivity (Wildman–Crippen MR) is 54.3 cm³/mol. The largest absolute Gasteiger partial charge is 1.00 e. The van der Waals surface area contributed by atoms with Gasteiger partial charge in [0.2, 0.25) is 0 Å². The van der Waals surface area contributed by atoms with Crippen LogP contribution in [0.5, 0.6) is 0 Å². The van der Waals surface area contributed by atoms with Crippen LogP contribution < -0.4 is 51.4 Å². The molecule has 0 atom stereocenters. The van der Waals surface area contributed by atoms with Crippen LogP contribution in [0.1, 0.15) is 15.8 Å². The van der Waals surface area contributed by atoms with E-state index >= 15 is 0 Å². The molecule has 20 heavy (non-hydrogen) atoms. The van der Waals surface area contributed by atoms with E-state index in [1.54, 1.807) is 6.08 Å². The molecule has 0 heterocycles. The molecule has 0 bridgehead atoms. The normalized spacial score (nSPS) is 9.65. The van der Waals surface area contributed by atoms with Crippen molar-refractivity contribution in [2.75, 3.05) is 0 Å². The van der Waals surface area contributed by atoms with Crippen molar-refractivity contribution in [1.29, 1.82) is 0 Å². The van der Waals surface area contributed by atoms with Crippen LogP contribution in [0.2, 0.25) is 0 Å². The molecule has 0 rings (SSSR count). The molecule has 0 saturated heterocycles. The van der Waals surface area contributed by atoms with Crippen molar-refractivity contribution in [2.45, 2.75) is 14.4 Å². The summed E-state index contributed by atoms with van der Waals surface area (Å²) in [6, 6.07) is 0. The third-order valence-electron chi connectivity index (χ3n) is 0. The Labute approximate surface area is 152 Å². The molecule has 0 aliphatic rings. The van der Waals surface area contributed by atoms with Gasteiger partial charge in [0, 0.05) is 0 Å². The molecule has 0 nitrogen and oxygen atoms in total.